The third kappa shape index (κ3) is 3.96. The molecule has 4 rings (SSSR count). The van der Waals surface area contributed by atoms with Gasteiger partial charge >= 0.3 is 0 Å². The molecule has 0 bridgehead atoms. The fraction of sp³-hybridized carbons (Fsp3) is 0.474. The van der Waals surface area contributed by atoms with Crippen LogP contribution in [0.1, 0.15) is 15.2 Å². The number of thiophene rings is 1. The molecule has 0 radical (unpaired) electrons. The van der Waals surface area contributed by atoms with Crippen molar-refractivity contribution in [2.75, 3.05) is 45.9 Å². The van der Waals surface area contributed by atoms with Crippen LogP contribution in [0.15, 0.2) is 24.3 Å². The maximum atomic E-state index is 13.0. The molecule has 2 saturated heterocycles. The molecule has 2 aliphatic rings. The topological polar surface area (TPSA) is 61.9 Å². The predicted molar refractivity (Wildman–Crippen MR) is 109 cm³/mol. The van der Waals surface area contributed by atoms with E-state index < -0.39 is 0 Å². The Kier molecular flexibility index (Phi) is 6.37. The van der Waals surface area contributed by atoms with Gasteiger partial charge in [0.2, 0.25) is 5.91 Å². The van der Waals surface area contributed by atoms with Crippen LogP contribution in [-0.2, 0) is 9.53 Å². The van der Waals surface area contributed by atoms with E-state index in [0.29, 0.717) is 45.9 Å². The summed E-state index contributed by atoms with van der Waals surface area (Å²) in [6.45, 7) is 6.11. The van der Waals surface area contributed by atoms with Crippen LogP contribution in [0.3, 0.4) is 0 Å². The van der Waals surface area contributed by atoms with Crippen molar-refractivity contribution in [1.82, 2.24) is 15.1 Å². The van der Waals surface area contributed by atoms with Crippen LogP contribution in [-0.4, -0.2) is 73.6 Å². The van der Waals surface area contributed by atoms with E-state index in [1.165, 1.54) is 0 Å². The third-order valence-corrected chi connectivity index (χ3v) is 6.40. The highest BCUT2D eigenvalue weighted by Crippen LogP contribution is 2.31. The van der Waals surface area contributed by atoms with Gasteiger partial charge in [0.1, 0.15) is 6.04 Å². The number of piperazine rings is 1. The maximum Gasteiger partial charge on any atom is 0.264 e. The molecule has 2 amide bonds. The molecular formula is C19H24ClN3O3S. The number of hydrogen-bond acceptors (Lipinski definition) is 5. The van der Waals surface area contributed by atoms with Crippen molar-refractivity contribution in [1.29, 1.82) is 0 Å². The predicted octanol–water partition coefficient (Wildman–Crippen LogP) is 1.90. The van der Waals surface area contributed by atoms with Crippen LogP contribution in [0.25, 0.3) is 10.1 Å². The molecule has 0 aliphatic carbocycles. The van der Waals surface area contributed by atoms with E-state index in [1.54, 1.807) is 11.3 Å². The molecule has 1 N–H and O–H groups in total. The molecule has 3 heterocycles. The van der Waals surface area contributed by atoms with Gasteiger partial charge in [-0.2, -0.15) is 0 Å². The number of morpholine rings is 1. The highest BCUT2D eigenvalue weighted by atomic mass is 35.5. The molecule has 2 aromatic rings. The number of carbonyl (C=O) groups is 2. The number of carbonyl (C=O) groups excluding carboxylic acids is 2. The van der Waals surface area contributed by atoms with E-state index in [-0.39, 0.29) is 30.3 Å². The number of aryl methyl sites for hydroxylation is 1. The fourth-order valence-electron chi connectivity index (χ4n) is 3.60. The summed E-state index contributed by atoms with van der Waals surface area (Å²) in [5.74, 6) is 0.157. The summed E-state index contributed by atoms with van der Waals surface area (Å²) >= 11 is 1.56. The molecule has 1 atom stereocenters. The molecule has 0 saturated carbocycles. The van der Waals surface area contributed by atoms with Gasteiger partial charge in [-0.15, -0.1) is 23.7 Å². The maximum absolute atomic E-state index is 13.0. The van der Waals surface area contributed by atoms with Gasteiger partial charge in [-0.05, 0) is 23.9 Å². The van der Waals surface area contributed by atoms with Gasteiger partial charge in [-0.3, -0.25) is 9.59 Å². The Balaban J connectivity index is 0.00000210. The lowest BCUT2D eigenvalue weighted by Crippen LogP contribution is -2.57. The highest BCUT2D eigenvalue weighted by Gasteiger charge is 2.31. The van der Waals surface area contributed by atoms with Crippen molar-refractivity contribution in [3.05, 3.63) is 34.7 Å². The van der Waals surface area contributed by atoms with Crippen LogP contribution in [0.5, 0.6) is 0 Å². The third-order valence-electron chi connectivity index (χ3n) is 5.14. The lowest BCUT2D eigenvalue weighted by molar-refractivity contribution is -0.137. The van der Waals surface area contributed by atoms with E-state index in [1.807, 2.05) is 28.9 Å². The molecule has 146 valence electrons. The smallest absolute Gasteiger partial charge is 0.264 e. The molecule has 1 aromatic heterocycles. The first-order valence-corrected chi connectivity index (χ1v) is 9.84. The average Bonchev–Trinajstić information content (AvgIpc) is 3.04. The second-order valence-electron chi connectivity index (χ2n) is 6.75. The SMILES string of the molecule is Cc1c(C(=O)N2CCN(C(=O)C3COCCN3)CC2)sc2ccccc12.Cl. The number of ether oxygens (including phenoxy) is 1. The largest absolute Gasteiger partial charge is 0.378 e. The molecule has 8 heteroatoms. The molecule has 27 heavy (non-hydrogen) atoms. The van der Waals surface area contributed by atoms with Gasteiger partial charge in [0.25, 0.3) is 5.91 Å². The molecular weight excluding hydrogens is 386 g/mol. The van der Waals surface area contributed by atoms with Crippen molar-refractivity contribution in [2.45, 2.75) is 13.0 Å². The Bertz CT molecular complexity index is 827. The Morgan fingerprint density at radius 2 is 1.85 bits per heavy atom. The van der Waals surface area contributed by atoms with E-state index >= 15 is 0 Å². The summed E-state index contributed by atoms with van der Waals surface area (Å²) < 4.78 is 6.52. The first-order chi connectivity index (χ1) is 12.6. The summed E-state index contributed by atoms with van der Waals surface area (Å²) in [5, 5.41) is 4.35. The van der Waals surface area contributed by atoms with Gasteiger partial charge < -0.3 is 19.9 Å². The first-order valence-electron chi connectivity index (χ1n) is 9.02. The minimum absolute atomic E-state index is 0. The fourth-order valence-corrected chi connectivity index (χ4v) is 4.77. The number of amides is 2. The van der Waals surface area contributed by atoms with Gasteiger partial charge in [0, 0.05) is 37.4 Å². The number of benzene rings is 1. The minimum atomic E-state index is -0.254. The van der Waals surface area contributed by atoms with Crippen molar-refractivity contribution in [3.8, 4) is 0 Å². The van der Waals surface area contributed by atoms with Crippen LogP contribution in [0, 0.1) is 6.92 Å². The lowest BCUT2D eigenvalue weighted by atomic mass is 10.1. The number of nitrogens with zero attached hydrogens (tertiary/aromatic N) is 2. The summed E-state index contributed by atoms with van der Waals surface area (Å²) in [6, 6.07) is 7.87. The Hall–Kier alpha value is -1.67. The first kappa shape index (κ1) is 20.1. The lowest BCUT2D eigenvalue weighted by Gasteiger charge is -2.37. The zero-order valence-corrected chi connectivity index (χ0v) is 16.9. The molecule has 1 unspecified atom stereocenters. The normalized spacial score (nSPS) is 20.4. The second-order valence-corrected chi connectivity index (χ2v) is 7.80. The quantitative estimate of drug-likeness (QED) is 0.823. The zero-order chi connectivity index (χ0) is 18.1. The minimum Gasteiger partial charge on any atom is -0.378 e. The van der Waals surface area contributed by atoms with Crippen molar-refractivity contribution < 1.29 is 14.3 Å². The van der Waals surface area contributed by atoms with E-state index in [0.717, 1.165) is 20.5 Å². The van der Waals surface area contributed by atoms with Crippen LogP contribution in [0.2, 0.25) is 0 Å². The number of rotatable bonds is 2. The van der Waals surface area contributed by atoms with Crippen LogP contribution < -0.4 is 5.32 Å². The zero-order valence-electron chi connectivity index (χ0n) is 15.3. The standard InChI is InChI=1S/C19H23N3O3S.ClH/c1-13-14-4-2-3-5-16(14)26-17(13)19(24)22-9-7-21(8-10-22)18(23)15-12-25-11-6-20-15;/h2-5,15,20H,6-12H2,1H3;1H. The van der Waals surface area contributed by atoms with E-state index in [4.69, 9.17) is 4.74 Å². The van der Waals surface area contributed by atoms with Crippen molar-refractivity contribution >= 4 is 45.6 Å². The molecule has 2 aliphatic heterocycles. The van der Waals surface area contributed by atoms with Crippen molar-refractivity contribution in [3.63, 3.8) is 0 Å². The second kappa shape index (κ2) is 8.56. The summed E-state index contributed by atoms with van der Waals surface area (Å²) in [6.07, 6.45) is 0. The summed E-state index contributed by atoms with van der Waals surface area (Å²) in [7, 11) is 0. The Labute approximate surface area is 168 Å². The molecule has 2 fully saturated rings. The van der Waals surface area contributed by atoms with Crippen LogP contribution >= 0.6 is 23.7 Å². The molecule has 6 nitrogen and oxygen atoms in total. The molecule has 1 aromatic carbocycles. The summed E-state index contributed by atoms with van der Waals surface area (Å²) in [4.78, 5) is 30.0. The number of fused-ring (bicyclic) bond motifs is 1. The van der Waals surface area contributed by atoms with Gasteiger partial charge in [0.15, 0.2) is 0 Å². The number of halogens is 1. The number of nitrogens with one attached hydrogen (secondary N) is 1. The van der Waals surface area contributed by atoms with Gasteiger partial charge in [-0.1, -0.05) is 18.2 Å². The summed E-state index contributed by atoms with van der Waals surface area (Å²) in [5.41, 5.74) is 1.05. The Morgan fingerprint density at radius 3 is 2.52 bits per heavy atom. The van der Waals surface area contributed by atoms with Crippen LogP contribution in [0.4, 0.5) is 0 Å². The molecule has 0 spiro atoms. The van der Waals surface area contributed by atoms with Gasteiger partial charge in [-0.25, -0.2) is 0 Å². The van der Waals surface area contributed by atoms with Crippen molar-refractivity contribution in [2.24, 2.45) is 0 Å². The highest BCUT2D eigenvalue weighted by molar-refractivity contribution is 7.21. The van der Waals surface area contributed by atoms with E-state index in [2.05, 4.69) is 17.4 Å². The number of hydrogen-bond donors (Lipinski definition) is 1. The van der Waals surface area contributed by atoms with E-state index in [9.17, 15) is 9.59 Å². The van der Waals surface area contributed by atoms with Gasteiger partial charge in [0.05, 0.1) is 18.1 Å². The monoisotopic (exact) mass is 409 g/mol. The average molecular weight is 410 g/mol. The Morgan fingerprint density at radius 1 is 1.15 bits per heavy atom.